The van der Waals surface area contributed by atoms with E-state index in [4.69, 9.17) is 14.6 Å². The molecule has 0 saturated heterocycles. The molecule has 1 aromatic rings. The Hall–Kier alpha value is -1.23. The number of halogens is 1. The minimum atomic E-state index is 0. The van der Waals surface area contributed by atoms with Crippen LogP contribution < -0.4 is 14.8 Å². The number of aliphatic hydroxyl groups is 1. The summed E-state index contributed by atoms with van der Waals surface area (Å²) in [6, 6.07) is 5.91. The van der Waals surface area contributed by atoms with Gasteiger partial charge in [-0.15, -0.1) is 12.4 Å². The summed E-state index contributed by atoms with van der Waals surface area (Å²) in [6.07, 6.45) is 8.77. The number of hydrogen-bond acceptors (Lipinski definition) is 4. The molecule has 0 heterocycles. The smallest absolute Gasteiger partial charge is 0.161 e. The number of ether oxygens (including phenoxy) is 2. The molecule has 0 fully saturated rings. The van der Waals surface area contributed by atoms with Gasteiger partial charge >= 0.3 is 0 Å². The molecule has 0 saturated carbocycles. The van der Waals surface area contributed by atoms with E-state index in [-0.39, 0.29) is 25.6 Å². The maximum atomic E-state index is 8.82. The van der Waals surface area contributed by atoms with Gasteiger partial charge in [0.05, 0.1) is 13.7 Å². The Balaban J connectivity index is 0.00000264. The third kappa shape index (κ3) is 6.81. The normalized spacial score (nSPS) is 13.9. The molecule has 0 aromatic heterocycles. The number of nitrogens with one attached hydrogen (secondary N) is 1. The number of rotatable bonds is 9. The van der Waals surface area contributed by atoms with Gasteiger partial charge in [-0.2, -0.15) is 0 Å². The van der Waals surface area contributed by atoms with Crippen LogP contribution >= 0.6 is 12.4 Å². The van der Waals surface area contributed by atoms with Gasteiger partial charge in [0, 0.05) is 6.54 Å². The lowest BCUT2D eigenvalue weighted by molar-refractivity contribution is 0.196. The number of benzene rings is 1. The lowest BCUT2D eigenvalue weighted by Gasteiger charge is -2.14. The molecule has 0 aliphatic heterocycles. The second-order valence-electron chi connectivity index (χ2n) is 5.59. The Morgan fingerprint density at radius 1 is 1.22 bits per heavy atom. The summed E-state index contributed by atoms with van der Waals surface area (Å²) in [5, 5.41) is 12.3. The molecular weight excluding hydrogens is 314 g/mol. The van der Waals surface area contributed by atoms with E-state index < -0.39 is 0 Å². The zero-order valence-electron chi connectivity index (χ0n) is 13.8. The van der Waals surface area contributed by atoms with Gasteiger partial charge in [-0.05, 0) is 56.3 Å². The molecule has 0 radical (unpaired) electrons. The van der Waals surface area contributed by atoms with E-state index in [9.17, 15) is 0 Å². The zero-order chi connectivity index (χ0) is 15.6. The first kappa shape index (κ1) is 19.8. The van der Waals surface area contributed by atoms with Gasteiger partial charge in [-0.3, -0.25) is 0 Å². The van der Waals surface area contributed by atoms with Crippen molar-refractivity contribution >= 4 is 12.4 Å². The molecule has 4 nitrogen and oxygen atoms in total. The molecule has 130 valence electrons. The van der Waals surface area contributed by atoms with Crippen LogP contribution in [0.4, 0.5) is 0 Å². The van der Waals surface area contributed by atoms with Crippen LogP contribution in [0.5, 0.6) is 11.5 Å². The summed E-state index contributed by atoms with van der Waals surface area (Å²) in [6.45, 7) is 2.12. The van der Waals surface area contributed by atoms with Crippen LogP contribution in [-0.4, -0.2) is 32.0 Å². The van der Waals surface area contributed by atoms with Crippen LogP contribution in [0.1, 0.15) is 37.7 Å². The molecule has 0 amide bonds. The van der Waals surface area contributed by atoms with E-state index in [0.717, 1.165) is 19.5 Å². The van der Waals surface area contributed by atoms with Crippen molar-refractivity contribution in [3.05, 3.63) is 35.4 Å². The number of methoxy groups -OCH3 is 1. The van der Waals surface area contributed by atoms with Gasteiger partial charge in [0.25, 0.3) is 0 Å². The molecule has 0 bridgehead atoms. The predicted molar refractivity (Wildman–Crippen MR) is 95.7 cm³/mol. The Morgan fingerprint density at radius 2 is 2.09 bits per heavy atom. The maximum Gasteiger partial charge on any atom is 0.161 e. The average Bonchev–Trinajstić information content (AvgIpc) is 2.58. The third-order valence-electron chi connectivity index (χ3n) is 3.91. The highest BCUT2D eigenvalue weighted by Gasteiger charge is 2.06. The summed E-state index contributed by atoms with van der Waals surface area (Å²) < 4.78 is 10.8. The quantitative estimate of drug-likeness (QED) is 0.533. The van der Waals surface area contributed by atoms with Crippen LogP contribution in [0.3, 0.4) is 0 Å². The minimum Gasteiger partial charge on any atom is -0.493 e. The van der Waals surface area contributed by atoms with Gasteiger partial charge in [0.1, 0.15) is 6.61 Å². The minimum absolute atomic E-state index is 0. The van der Waals surface area contributed by atoms with E-state index in [0.29, 0.717) is 11.5 Å². The molecule has 1 aromatic carbocycles. The Labute approximate surface area is 145 Å². The van der Waals surface area contributed by atoms with Crippen LogP contribution in [0, 0.1) is 0 Å². The fourth-order valence-electron chi connectivity index (χ4n) is 2.71. The SMILES string of the molecule is COc1cc(CNCCC2=CCCCC2)ccc1OCCO.Cl. The highest BCUT2D eigenvalue weighted by atomic mass is 35.5. The van der Waals surface area contributed by atoms with Crippen molar-refractivity contribution in [2.24, 2.45) is 0 Å². The Morgan fingerprint density at radius 3 is 2.78 bits per heavy atom. The Kier molecular flexibility index (Phi) is 9.76. The molecular formula is C18H28ClNO3. The molecule has 23 heavy (non-hydrogen) atoms. The van der Waals surface area contributed by atoms with Gasteiger partial charge in [0.15, 0.2) is 11.5 Å². The van der Waals surface area contributed by atoms with Crippen LogP contribution in [0.2, 0.25) is 0 Å². The summed E-state index contributed by atoms with van der Waals surface area (Å²) in [5.41, 5.74) is 2.77. The summed E-state index contributed by atoms with van der Waals surface area (Å²) >= 11 is 0. The van der Waals surface area contributed by atoms with Crippen molar-refractivity contribution in [3.8, 4) is 11.5 Å². The van der Waals surface area contributed by atoms with Crippen LogP contribution in [0.15, 0.2) is 29.8 Å². The second-order valence-corrected chi connectivity index (χ2v) is 5.59. The first-order chi connectivity index (χ1) is 10.8. The van der Waals surface area contributed by atoms with Crippen LogP contribution in [0.25, 0.3) is 0 Å². The van der Waals surface area contributed by atoms with Gasteiger partial charge < -0.3 is 19.9 Å². The fourth-order valence-corrected chi connectivity index (χ4v) is 2.71. The molecule has 0 unspecified atom stereocenters. The first-order valence-electron chi connectivity index (χ1n) is 8.12. The van der Waals surface area contributed by atoms with E-state index in [1.54, 1.807) is 12.7 Å². The van der Waals surface area contributed by atoms with Crippen molar-refractivity contribution in [2.75, 3.05) is 26.9 Å². The van der Waals surface area contributed by atoms with E-state index in [1.165, 1.54) is 31.2 Å². The Bertz CT molecular complexity index is 491. The predicted octanol–water partition coefficient (Wildman–Crippen LogP) is 3.47. The molecule has 2 N–H and O–H groups in total. The summed E-state index contributed by atoms with van der Waals surface area (Å²) in [4.78, 5) is 0. The molecule has 0 atom stereocenters. The zero-order valence-corrected chi connectivity index (χ0v) is 14.7. The third-order valence-corrected chi connectivity index (χ3v) is 3.91. The largest absolute Gasteiger partial charge is 0.493 e. The number of aliphatic hydroxyl groups excluding tert-OH is 1. The van der Waals surface area contributed by atoms with Crippen LogP contribution in [-0.2, 0) is 6.54 Å². The molecule has 1 aliphatic rings. The lowest BCUT2D eigenvalue weighted by Crippen LogP contribution is -2.15. The topological polar surface area (TPSA) is 50.7 Å². The van der Waals surface area contributed by atoms with Crippen molar-refractivity contribution in [3.63, 3.8) is 0 Å². The molecule has 1 aliphatic carbocycles. The second kappa shape index (κ2) is 11.3. The van der Waals surface area contributed by atoms with E-state index >= 15 is 0 Å². The highest BCUT2D eigenvalue weighted by Crippen LogP contribution is 2.28. The van der Waals surface area contributed by atoms with E-state index in [2.05, 4.69) is 11.4 Å². The van der Waals surface area contributed by atoms with Gasteiger partial charge in [0.2, 0.25) is 0 Å². The fraction of sp³-hybridized carbons (Fsp3) is 0.556. The van der Waals surface area contributed by atoms with Crippen molar-refractivity contribution in [1.29, 1.82) is 0 Å². The first-order valence-corrected chi connectivity index (χ1v) is 8.12. The average molecular weight is 342 g/mol. The van der Waals surface area contributed by atoms with Crippen molar-refractivity contribution in [2.45, 2.75) is 38.6 Å². The standard InChI is InChI=1S/C18H27NO3.ClH/c1-21-18-13-16(7-8-17(18)22-12-11-20)14-19-10-9-15-5-3-2-4-6-15;/h5,7-8,13,19-20H,2-4,6,9-12,14H2,1H3;1H. The summed E-state index contributed by atoms with van der Waals surface area (Å²) in [5.74, 6) is 1.38. The molecule has 0 spiro atoms. The van der Waals surface area contributed by atoms with Gasteiger partial charge in [-0.1, -0.05) is 17.7 Å². The van der Waals surface area contributed by atoms with Gasteiger partial charge in [-0.25, -0.2) is 0 Å². The van der Waals surface area contributed by atoms with Crippen molar-refractivity contribution in [1.82, 2.24) is 5.32 Å². The van der Waals surface area contributed by atoms with Crippen molar-refractivity contribution < 1.29 is 14.6 Å². The number of allylic oxidation sites excluding steroid dienone is 1. The highest BCUT2D eigenvalue weighted by molar-refractivity contribution is 5.85. The molecule has 2 rings (SSSR count). The monoisotopic (exact) mass is 341 g/mol. The van der Waals surface area contributed by atoms with E-state index in [1.807, 2.05) is 18.2 Å². The lowest BCUT2D eigenvalue weighted by atomic mass is 9.97. The molecule has 5 heteroatoms. The summed E-state index contributed by atoms with van der Waals surface area (Å²) in [7, 11) is 1.63. The number of hydrogen-bond donors (Lipinski definition) is 2. The maximum absolute atomic E-state index is 8.82.